The van der Waals surface area contributed by atoms with Gasteiger partial charge in [-0.15, -0.1) is 5.10 Å². The normalized spacial score (nSPS) is 14.9. The molecule has 1 N–H and O–H groups in total. The van der Waals surface area contributed by atoms with E-state index >= 15 is 0 Å². The number of carbonyl (C=O) groups excluding carboxylic acids is 1. The molecule has 0 spiro atoms. The van der Waals surface area contributed by atoms with Crippen LogP contribution in [0.4, 0.5) is 5.69 Å². The number of aromatic nitrogens is 3. The van der Waals surface area contributed by atoms with Gasteiger partial charge in [0.05, 0.1) is 30.0 Å². The number of hydrogen-bond donors (Lipinski definition) is 1. The van der Waals surface area contributed by atoms with E-state index in [4.69, 9.17) is 0 Å². The fourth-order valence-corrected chi connectivity index (χ4v) is 4.73. The molecule has 0 saturated heterocycles. The maximum absolute atomic E-state index is 12.9. The van der Waals surface area contributed by atoms with Crippen molar-refractivity contribution in [2.75, 3.05) is 17.1 Å². The molecule has 0 bridgehead atoms. The van der Waals surface area contributed by atoms with Gasteiger partial charge >= 0.3 is 0 Å². The Kier molecular flexibility index (Phi) is 5.23. The number of hydrogen-bond acceptors (Lipinski definition) is 5. The Morgan fingerprint density at radius 2 is 1.97 bits per heavy atom. The predicted octanol–water partition coefficient (Wildman–Crippen LogP) is 2.21. The summed E-state index contributed by atoms with van der Waals surface area (Å²) in [6.07, 6.45) is 1.80. The minimum absolute atomic E-state index is 0.136. The molecular formula is C21H25N5O3S. The molecule has 158 valence electrons. The summed E-state index contributed by atoms with van der Waals surface area (Å²) in [5, 5.41) is 11.5. The number of sulfonamides is 1. The first kappa shape index (κ1) is 20.3. The number of anilines is 1. The Balaban J connectivity index is 1.53. The third-order valence-corrected chi connectivity index (χ3v) is 6.69. The van der Waals surface area contributed by atoms with Crippen molar-refractivity contribution < 1.29 is 13.2 Å². The number of nitrogens with zero attached hydrogens (tertiary/aromatic N) is 4. The number of benzene rings is 2. The average molecular weight is 428 g/mol. The van der Waals surface area contributed by atoms with Crippen LogP contribution in [-0.2, 0) is 23.0 Å². The van der Waals surface area contributed by atoms with Gasteiger partial charge in [0.2, 0.25) is 10.0 Å². The summed E-state index contributed by atoms with van der Waals surface area (Å²) < 4.78 is 27.0. The molecule has 3 aromatic rings. The van der Waals surface area contributed by atoms with E-state index < -0.39 is 10.0 Å². The molecule has 0 fully saturated rings. The van der Waals surface area contributed by atoms with Crippen LogP contribution in [0.25, 0.3) is 11.0 Å². The smallest absolute Gasteiger partial charge is 0.251 e. The molecule has 1 atom stereocenters. The number of amides is 1. The Hall–Kier alpha value is -2.94. The Morgan fingerprint density at radius 3 is 2.70 bits per heavy atom. The van der Waals surface area contributed by atoms with E-state index in [1.807, 2.05) is 28.9 Å². The van der Waals surface area contributed by atoms with E-state index in [2.05, 4.69) is 29.5 Å². The largest absolute Gasteiger partial charge is 0.347 e. The predicted molar refractivity (Wildman–Crippen MR) is 116 cm³/mol. The van der Waals surface area contributed by atoms with Gasteiger partial charge in [0, 0.05) is 12.1 Å². The highest BCUT2D eigenvalue weighted by atomic mass is 32.2. The van der Waals surface area contributed by atoms with Crippen LogP contribution in [0.2, 0.25) is 0 Å². The van der Waals surface area contributed by atoms with Crippen molar-refractivity contribution in [2.24, 2.45) is 5.92 Å². The zero-order valence-electron chi connectivity index (χ0n) is 17.2. The van der Waals surface area contributed by atoms with Gasteiger partial charge in [-0.1, -0.05) is 31.2 Å². The summed E-state index contributed by atoms with van der Waals surface area (Å²) >= 11 is 0. The number of nitrogens with one attached hydrogen (secondary N) is 1. The molecule has 8 nitrogen and oxygen atoms in total. The maximum Gasteiger partial charge on any atom is 0.251 e. The molecule has 2 aromatic carbocycles. The van der Waals surface area contributed by atoms with E-state index in [9.17, 15) is 13.2 Å². The standard InChI is InChI=1S/C21H25N5O3S/c1-14(2)18(13-25-20-7-5-4-6-17(20)23-24-25)22-21(27)16-8-9-19-15(12-16)10-11-26(19)30(3,28)29/h4-9,12,14,18H,10-11,13H2,1-3H3,(H,22,27)/t18-/m0/s1. The summed E-state index contributed by atoms with van der Waals surface area (Å²) in [5.74, 6) is 0.00536. The fourth-order valence-electron chi connectivity index (χ4n) is 3.77. The first-order valence-corrected chi connectivity index (χ1v) is 11.8. The van der Waals surface area contributed by atoms with Crippen LogP contribution >= 0.6 is 0 Å². The zero-order valence-corrected chi connectivity index (χ0v) is 18.1. The van der Waals surface area contributed by atoms with Crippen LogP contribution in [0.1, 0.15) is 29.8 Å². The SMILES string of the molecule is CC(C)[C@H](Cn1nnc2ccccc21)NC(=O)c1ccc2c(c1)CCN2S(C)(=O)=O. The molecule has 0 unspecified atom stereocenters. The first-order chi connectivity index (χ1) is 14.2. The van der Waals surface area contributed by atoms with Gasteiger partial charge in [-0.2, -0.15) is 0 Å². The lowest BCUT2D eigenvalue weighted by Crippen LogP contribution is -2.41. The van der Waals surface area contributed by atoms with Crippen molar-refractivity contribution in [2.45, 2.75) is 32.9 Å². The maximum atomic E-state index is 12.9. The zero-order chi connectivity index (χ0) is 21.5. The Morgan fingerprint density at radius 1 is 1.20 bits per heavy atom. The van der Waals surface area contributed by atoms with E-state index in [1.54, 1.807) is 18.2 Å². The van der Waals surface area contributed by atoms with E-state index in [-0.39, 0.29) is 17.9 Å². The summed E-state index contributed by atoms with van der Waals surface area (Å²) in [4.78, 5) is 12.9. The second-order valence-electron chi connectivity index (χ2n) is 8.01. The van der Waals surface area contributed by atoms with Gasteiger partial charge in [-0.05, 0) is 48.2 Å². The van der Waals surface area contributed by atoms with Crippen molar-refractivity contribution in [3.05, 3.63) is 53.6 Å². The topological polar surface area (TPSA) is 97.2 Å². The molecule has 1 aromatic heterocycles. The third-order valence-electron chi connectivity index (χ3n) is 5.51. The van der Waals surface area contributed by atoms with Crippen LogP contribution in [0.5, 0.6) is 0 Å². The van der Waals surface area contributed by atoms with Gasteiger partial charge in [-0.3, -0.25) is 9.10 Å². The third kappa shape index (κ3) is 3.89. The van der Waals surface area contributed by atoms with Gasteiger partial charge in [0.25, 0.3) is 5.91 Å². The molecule has 0 aliphatic carbocycles. The minimum atomic E-state index is -3.31. The quantitative estimate of drug-likeness (QED) is 0.651. The molecule has 2 heterocycles. The number of para-hydroxylation sites is 1. The van der Waals surface area contributed by atoms with Crippen LogP contribution in [0, 0.1) is 5.92 Å². The second kappa shape index (κ2) is 7.71. The first-order valence-electron chi connectivity index (χ1n) is 9.94. The molecule has 4 rings (SSSR count). The molecule has 9 heteroatoms. The Bertz CT molecular complexity index is 1200. The van der Waals surface area contributed by atoms with Gasteiger partial charge < -0.3 is 5.32 Å². The highest BCUT2D eigenvalue weighted by Gasteiger charge is 2.27. The van der Waals surface area contributed by atoms with Crippen molar-refractivity contribution in [1.29, 1.82) is 0 Å². The van der Waals surface area contributed by atoms with Gasteiger partial charge in [0.15, 0.2) is 0 Å². The molecule has 1 aliphatic heterocycles. The summed E-state index contributed by atoms with van der Waals surface area (Å²) in [6.45, 7) is 5.03. The van der Waals surface area contributed by atoms with Crippen molar-refractivity contribution >= 4 is 32.7 Å². The van der Waals surface area contributed by atoms with Crippen LogP contribution in [-0.4, -0.2) is 48.2 Å². The lowest BCUT2D eigenvalue weighted by Gasteiger charge is -2.23. The Labute approximate surface area is 175 Å². The van der Waals surface area contributed by atoms with E-state index in [0.717, 1.165) is 16.6 Å². The highest BCUT2D eigenvalue weighted by Crippen LogP contribution is 2.30. The van der Waals surface area contributed by atoms with Crippen LogP contribution in [0.3, 0.4) is 0 Å². The molecule has 0 radical (unpaired) electrons. The van der Waals surface area contributed by atoms with E-state index in [0.29, 0.717) is 30.8 Å². The molecule has 1 aliphatic rings. The lowest BCUT2D eigenvalue weighted by molar-refractivity contribution is 0.0919. The molecule has 1 amide bonds. The molecular weight excluding hydrogens is 402 g/mol. The fraction of sp³-hybridized carbons (Fsp3) is 0.381. The minimum Gasteiger partial charge on any atom is -0.347 e. The highest BCUT2D eigenvalue weighted by molar-refractivity contribution is 7.92. The number of fused-ring (bicyclic) bond motifs is 2. The lowest BCUT2D eigenvalue weighted by atomic mass is 10.0. The second-order valence-corrected chi connectivity index (χ2v) is 9.92. The van der Waals surface area contributed by atoms with E-state index in [1.165, 1.54) is 10.6 Å². The molecule has 0 saturated carbocycles. The monoisotopic (exact) mass is 427 g/mol. The van der Waals surface area contributed by atoms with Crippen LogP contribution < -0.4 is 9.62 Å². The number of rotatable bonds is 6. The number of carbonyl (C=O) groups is 1. The summed E-state index contributed by atoms with van der Waals surface area (Å²) in [6, 6.07) is 12.8. The van der Waals surface area contributed by atoms with Gasteiger partial charge in [-0.25, -0.2) is 13.1 Å². The van der Waals surface area contributed by atoms with Crippen molar-refractivity contribution in [3.8, 4) is 0 Å². The van der Waals surface area contributed by atoms with Crippen molar-refractivity contribution in [1.82, 2.24) is 20.3 Å². The average Bonchev–Trinajstić information content (AvgIpc) is 3.30. The summed E-state index contributed by atoms with van der Waals surface area (Å²) in [5.41, 5.74) is 3.80. The van der Waals surface area contributed by atoms with Crippen LogP contribution in [0.15, 0.2) is 42.5 Å². The summed E-state index contributed by atoms with van der Waals surface area (Å²) in [7, 11) is -3.31. The van der Waals surface area contributed by atoms with Gasteiger partial charge in [0.1, 0.15) is 5.52 Å². The molecule has 30 heavy (non-hydrogen) atoms. The van der Waals surface area contributed by atoms with Crippen molar-refractivity contribution in [3.63, 3.8) is 0 Å².